The zero-order chi connectivity index (χ0) is 21.8. The van der Waals surface area contributed by atoms with E-state index in [9.17, 15) is 5.26 Å². The molecule has 0 spiro atoms. The van der Waals surface area contributed by atoms with Crippen molar-refractivity contribution in [3.63, 3.8) is 0 Å². The summed E-state index contributed by atoms with van der Waals surface area (Å²) in [6.07, 6.45) is 1.59. The van der Waals surface area contributed by atoms with E-state index in [2.05, 4.69) is 11.0 Å². The first-order valence-electron chi connectivity index (χ1n) is 9.82. The Kier molecular flexibility index (Phi) is 5.96. The van der Waals surface area contributed by atoms with Crippen LogP contribution in [0, 0.1) is 11.3 Å². The maximum absolute atomic E-state index is 9.98. The summed E-state index contributed by atoms with van der Waals surface area (Å²) in [5.74, 6) is 2.75. The van der Waals surface area contributed by atoms with Crippen molar-refractivity contribution < 1.29 is 23.4 Å². The molecule has 0 bridgehead atoms. The molecule has 0 atom stereocenters. The third kappa shape index (κ3) is 3.88. The summed E-state index contributed by atoms with van der Waals surface area (Å²) in [5, 5.41) is 9.98. The van der Waals surface area contributed by atoms with Crippen LogP contribution in [0.3, 0.4) is 0 Å². The summed E-state index contributed by atoms with van der Waals surface area (Å²) in [4.78, 5) is 6.93. The Morgan fingerprint density at radius 1 is 1.03 bits per heavy atom. The Bertz CT molecular complexity index is 1070. The molecule has 0 N–H and O–H groups in total. The van der Waals surface area contributed by atoms with Crippen LogP contribution in [0.2, 0.25) is 0 Å². The summed E-state index contributed by atoms with van der Waals surface area (Å²) in [5.41, 5.74) is 2.56. The zero-order valence-corrected chi connectivity index (χ0v) is 17.7. The second-order valence-corrected chi connectivity index (χ2v) is 6.86. The number of aromatic nitrogens is 1. The molecule has 1 aliphatic rings. The van der Waals surface area contributed by atoms with Crippen LogP contribution in [0.25, 0.3) is 22.6 Å². The van der Waals surface area contributed by atoms with Gasteiger partial charge in [0.25, 0.3) is 0 Å². The van der Waals surface area contributed by atoms with E-state index in [1.54, 1.807) is 33.7 Å². The molecule has 1 aliphatic heterocycles. The summed E-state index contributed by atoms with van der Waals surface area (Å²) in [7, 11) is 4.70. The lowest BCUT2D eigenvalue weighted by atomic mass is 10.0. The Morgan fingerprint density at radius 2 is 1.74 bits per heavy atom. The largest absolute Gasteiger partial charge is 0.493 e. The predicted molar refractivity (Wildman–Crippen MR) is 115 cm³/mol. The standard InChI is InChI=1S/C23H23N3O5/c1-27-20-11-15(12-21(28-2)22(20)29-3)18-13-16(19-5-4-8-31-19)17(14-24)23(25-18)26-6-9-30-10-7-26/h4-5,8,11-13H,6-7,9-10H2,1-3H3. The fourth-order valence-corrected chi connectivity index (χ4v) is 3.65. The van der Waals surface area contributed by atoms with E-state index in [-0.39, 0.29) is 0 Å². The van der Waals surface area contributed by atoms with Gasteiger partial charge >= 0.3 is 0 Å². The average Bonchev–Trinajstić information content (AvgIpc) is 3.37. The van der Waals surface area contributed by atoms with Crippen molar-refractivity contribution in [2.45, 2.75) is 0 Å². The van der Waals surface area contributed by atoms with Crippen LogP contribution in [0.4, 0.5) is 5.82 Å². The van der Waals surface area contributed by atoms with E-state index in [4.69, 9.17) is 28.3 Å². The van der Waals surface area contributed by atoms with Crippen LogP contribution < -0.4 is 19.1 Å². The minimum atomic E-state index is 0.466. The van der Waals surface area contributed by atoms with Gasteiger partial charge < -0.3 is 28.3 Å². The van der Waals surface area contributed by atoms with Gasteiger partial charge in [-0.2, -0.15) is 5.26 Å². The molecule has 3 aromatic rings. The van der Waals surface area contributed by atoms with Gasteiger partial charge in [-0.25, -0.2) is 4.98 Å². The Balaban J connectivity index is 1.95. The van der Waals surface area contributed by atoms with Crippen LogP contribution in [0.5, 0.6) is 17.2 Å². The van der Waals surface area contributed by atoms with Crippen molar-refractivity contribution in [3.05, 3.63) is 42.2 Å². The number of methoxy groups -OCH3 is 3. The Labute approximate surface area is 180 Å². The second-order valence-electron chi connectivity index (χ2n) is 6.86. The molecule has 160 valence electrons. The highest BCUT2D eigenvalue weighted by atomic mass is 16.5. The number of benzene rings is 1. The van der Waals surface area contributed by atoms with E-state index in [1.807, 2.05) is 24.3 Å². The maximum Gasteiger partial charge on any atom is 0.203 e. The van der Waals surface area contributed by atoms with Crippen molar-refractivity contribution in [1.82, 2.24) is 4.98 Å². The number of hydrogen-bond donors (Lipinski definition) is 0. The second kappa shape index (κ2) is 8.98. The molecule has 0 aliphatic carbocycles. The number of furan rings is 1. The van der Waals surface area contributed by atoms with Crippen molar-refractivity contribution in [2.24, 2.45) is 0 Å². The fourth-order valence-electron chi connectivity index (χ4n) is 3.65. The van der Waals surface area contributed by atoms with Crippen LogP contribution in [0.1, 0.15) is 5.56 Å². The van der Waals surface area contributed by atoms with E-state index >= 15 is 0 Å². The van der Waals surface area contributed by atoms with E-state index in [0.717, 1.165) is 5.56 Å². The van der Waals surface area contributed by atoms with Crippen LogP contribution in [0.15, 0.2) is 41.0 Å². The number of nitriles is 1. The first-order valence-corrected chi connectivity index (χ1v) is 9.82. The van der Waals surface area contributed by atoms with Gasteiger partial charge in [-0.3, -0.25) is 0 Å². The average molecular weight is 421 g/mol. The van der Waals surface area contributed by atoms with Crippen LogP contribution in [-0.2, 0) is 4.74 Å². The topological polar surface area (TPSA) is 90.0 Å². The molecule has 8 nitrogen and oxygen atoms in total. The molecule has 0 radical (unpaired) electrons. The molecule has 3 heterocycles. The first kappa shape index (κ1) is 20.6. The van der Waals surface area contributed by atoms with Gasteiger partial charge in [0.2, 0.25) is 5.75 Å². The maximum atomic E-state index is 9.98. The predicted octanol–water partition coefficient (Wildman–Crippen LogP) is 3.74. The molecule has 1 saturated heterocycles. The van der Waals surface area contributed by atoms with Crippen molar-refractivity contribution in [1.29, 1.82) is 5.26 Å². The number of ether oxygens (including phenoxy) is 4. The van der Waals surface area contributed by atoms with E-state index < -0.39 is 0 Å². The number of pyridine rings is 1. The Morgan fingerprint density at radius 3 is 2.29 bits per heavy atom. The smallest absolute Gasteiger partial charge is 0.203 e. The number of nitrogens with zero attached hydrogens (tertiary/aromatic N) is 3. The molecule has 8 heteroatoms. The van der Waals surface area contributed by atoms with Crippen LogP contribution >= 0.6 is 0 Å². The van der Waals surface area contributed by atoms with Crippen molar-refractivity contribution in [2.75, 3.05) is 52.5 Å². The number of hydrogen-bond acceptors (Lipinski definition) is 8. The number of morpholine rings is 1. The quantitative estimate of drug-likeness (QED) is 0.595. The van der Waals surface area contributed by atoms with Gasteiger partial charge in [0.15, 0.2) is 11.5 Å². The van der Waals surface area contributed by atoms with Gasteiger partial charge in [0, 0.05) is 24.2 Å². The Hall–Kier alpha value is -3.70. The third-order valence-electron chi connectivity index (χ3n) is 5.17. The molecule has 0 saturated carbocycles. The van der Waals surface area contributed by atoms with Gasteiger partial charge in [0.05, 0.1) is 46.5 Å². The van der Waals surface area contributed by atoms with Gasteiger partial charge in [-0.15, -0.1) is 0 Å². The first-order chi connectivity index (χ1) is 15.2. The summed E-state index contributed by atoms with van der Waals surface area (Å²) >= 11 is 0. The lowest BCUT2D eigenvalue weighted by Gasteiger charge is -2.29. The molecular formula is C23H23N3O5. The van der Waals surface area contributed by atoms with Gasteiger partial charge in [-0.1, -0.05) is 0 Å². The normalized spacial score (nSPS) is 13.5. The van der Waals surface area contributed by atoms with Gasteiger partial charge in [-0.05, 0) is 30.3 Å². The minimum Gasteiger partial charge on any atom is -0.493 e. The lowest BCUT2D eigenvalue weighted by Crippen LogP contribution is -2.37. The molecule has 31 heavy (non-hydrogen) atoms. The molecular weight excluding hydrogens is 398 g/mol. The summed E-state index contributed by atoms with van der Waals surface area (Å²) in [6.45, 7) is 2.46. The fraction of sp³-hybridized carbons (Fsp3) is 0.304. The highest BCUT2D eigenvalue weighted by Gasteiger charge is 2.24. The molecule has 0 unspecified atom stereocenters. The molecule has 0 amide bonds. The molecule has 1 fully saturated rings. The van der Waals surface area contributed by atoms with Crippen molar-refractivity contribution in [3.8, 4) is 45.9 Å². The SMILES string of the molecule is COc1cc(-c2cc(-c3ccco3)c(C#N)c(N3CCOCC3)n2)cc(OC)c1OC. The van der Waals surface area contributed by atoms with E-state index in [1.165, 1.54) is 0 Å². The molecule has 2 aromatic heterocycles. The number of rotatable bonds is 6. The van der Waals surface area contributed by atoms with E-state index in [0.29, 0.717) is 72.0 Å². The minimum absolute atomic E-state index is 0.466. The van der Waals surface area contributed by atoms with Gasteiger partial charge in [0.1, 0.15) is 23.2 Å². The monoisotopic (exact) mass is 421 g/mol. The summed E-state index contributed by atoms with van der Waals surface area (Å²) < 4.78 is 27.6. The van der Waals surface area contributed by atoms with Crippen LogP contribution in [-0.4, -0.2) is 52.6 Å². The zero-order valence-electron chi connectivity index (χ0n) is 17.7. The lowest BCUT2D eigenvalue weighted by molar-refractivity contribution is 0.122. The molecule has 4 rings (SSSR count). The highest BCUT2D eigenvalue weighted by Crippen LogP contribution is 2.42. The van der Waals surface area contributed by atoms with Crippen molar-refractivity contribution >= 4 is 5.82 Å². The molecule has 1 aromatic carbocycles. The highest BCUT2D eigenvalue weighted by molar-refractivity contribution is 5.80. The third-order valence-corrected chi connectivity index (χ3v) is 5.17. The summed E-state index contributed by atoms with van der Waals surface area (Å²) in [6, 6.07) is 11.5. The number of anilines is 1.